The number of carbonyl (C=O) groups is 1. The summed E-state index contributed by atoms with van der Waals surface area (Å²) in [6, 6.07) is -0.837. The average molecular weight is 217 g/mol. The summed E-state index contributed by atoms with van der Waals surface area (Å²) < 4.78 is 0. The lowest BCUT2D eigenvalue weighted by Crippen LogP contribution is -2.46. The van der Waals surface area contributed by atoms with Gasteiger partial charge < -0.3 is 22.3 Å². The van der Waals surface area contributed by atoms with E-state index in [-0.39, 0.29) is 0 Å². The van der Waals surface area contributed by atoms with Crippen LogP contribution in [-0.4, -0.2) is 30.2 Å². The van der Waals surface area contributed by atoms with Gasteiger partial charge in [0.25, 0.3) is 0 Å². The molecule has 5 nitrogen and oxygen atoms in total. The normalized spacial score (nSPS) is 13.9. The van der Waals surface area contributed by atoms with Crippen molar-refractivity contribution in [2.45, 2.75) is 38.6 Å². The summed E-state index contributed by atoms with van der Waals surface area (Å²) in [5.41, 5.74) is 16.2. The van der Waals surface area contributed by atoms with E-state index < -0.39 is 17.4 Å². The number of nitrogens with two attached hydrogens (primary N) is 3. The highest BCUT2D eigenvalue weighted by Gasteiger charge is 2.35. The smallest absolute Gasteiger partial charge is 0.321 e. The van der Waals surface area contributed by atoms with Crippen molar-refractivity contribution in [1.29, 1.82) is 0 Å². The first-order valence-electron chi connectivity index (χ1n) is 5.36. The van der Waals surface area contributed by atoms with Crippen LogP contribution in [0, 0.1) is 5.41 Å². The van der Waals surface area contributed by atoms with Crippen LogP contribution in [0.5, 0.6) is 0 Å². The van der Waals surface area contributed by atoms with Gasteiger partial charge in [0, 0.05) is 0 Å². The highest BCUT2D eigenvalue weighted by Crippen LogP contribution is 2.32. The van der Waals surface area contributed by atoms with Crippen LogP contribution >= 0.6 is 0 Å². The third-order valence-corrected chi connectivity index (χ3v) is 2.92. The van der Waals surface area contributed by atoms with Crippen molar-refractivity contribution < 1.29 is 9.90 Å². The largest absolute Gasteiger partial charge is 0.480 e. The quantitative estimate of drug-likeness (QED) is 0.452. The summed E-state index contributed by atoms with van der Waals surface area (Å²) in [6.45, 7) is 3.02. The van der Waals surface area contributed by atoms with Crippen LogP contribution in [0.1, 0.15) is 32.6 Å². The molecular formula is C10H23N3O2. The number of hydrogen-bond donors (Lipinski definition) is 4. The zero-order valence-electron chi connectivity index (χ0n) is 9.41. The molecule has 15 heavy (non-hydrogen) atoms. The maximum Gasteiger partial charge on any atom is 0.321 e. The molecule has 0 heterocycles. The van der Waals surface area contributed by atoms with Crippen molar-refractivity contribution in [3.8, 4) is 0 Å². The van der Waals surface area contributed by atoms with Crippen LogP contribution in [0.3, 0.4) is 0 Å². The molecule has 7 N–H and O–H groups in total. The zero-order chi connectivity index (χ0) is 11.9. The van der Waals surface area contributed by atoms with Crippen molar-refractivity contribution in [3.05, 3.63) is 0 Å². The SMILES string of the molecule is CC(CCCN)(CCCN)C(N)C(=O)O. The van der Waals surface area contributed by atoms with E-state index in [1.807, 2.05) is 6.92 Å². The molecule has 0 spiro atoms. The second kappa shape index (κ2) is 6.76. The molecule has 0 aromatic rings. The molecule has 0 aromatic carbocycles. The Kier molecular flexibility index (Phi) is 6.47. The number of rotatable bonds is 8. The lowest BCUT2D eigenvalue weighted by atomic mass is 9.75. The van der Waals surface area contributed by atoms with Gasteiger partial charge >= 0.3 is 5.97 Å². The predicted octanol–water partition coefficient (Wildman–Crippen LogP) is -0.118. The van der Waals surface area contributed by atoms with E-state index in [1.165, 1.54) is 0 Å². The van der Waals surface area contributed by atoms with Crippen molar-refractivity contribution in [2.24, 2.45) is 22.6 Å². The van der Waals surface area contributed by atoms with Crippen molar-refractivity contribution in [3.63, 3.8) is 0 Å². The summed E-state index contributed by atoms with van der Waals surface area (Å²) in [6.07, 6.45) is 3.05. The molecular weight excluding hydrogens is 194 g/mol. The van der Waals surface area contributed by atoms with Gasteiger partial charge in [0.1, 0.15) is 6.04 Å². The number of aliphatic carboxylic acids is 1. The molecule has 0 radical (unpaired) electrons. The Hall–Kier alpha value is -0.650. The minimum atomic E-state index is -0.952. The molecule has 0 bridgehead atoms. The third-order valence-electron chi connectivity index (χ3n) is 2.92. The highest BCUT2D eigenvalue weighted by molar-refractivity contribution is 5.74. The Morgan fingerprint density at radius 3 is 1.93 bits per heavy atom. The van der Waals surface area contributed by atoms with Gasteiger partial charge in [-0.25, -0.2) is 0 Å². The lowest BCUT2D eigenvalue weighted by Gasteiger charge is -2.33. The van der Waals surface area contributed by atoms with Gasteiger partial charge in [-0.05, 0) is 44.2 Å². The van der Waals surface area contributed by atoms with Crippen LogP contribution in [0.25, 0.3) is 0 Å². The molecule has 1 atom stereocenters. The fraction of sp³-hybridized carbons (Fsp3) is 0.900. The molecule has 0 fully saturated rings. The molecule has 0 aliphatic heterocycles. The monoisotopic (exact) mass is 217 g/mol. The van der Waals surface area contributed by atoms with Crippen LogP contribution in [0.4, 0.5) is 0 Å². The molecule has 0 aromatic heterocycles. The fourth-order valence-corrected chi connectivity index (χ4v) is 1.75. The van der Waals surface area contributed by atoms with Gasteiger partial charge in [-0.15, -0.1) is 0 Å². The lowest BCUT2D eigenvalue weighted by molar-refractivity contribution is -0.142. The van der Waals surface area contributed by atoms with E-state index in [2.05, 4.69) is 0 Å². The van der Waals surface area contributed by atoms with Crippen molar-refractivity contribution >= 4 is 5.97 Å². The molecule has 0 amide bonds. The Morgan fingerprint density at radius 1 is 1.27 bits per heavy atom. The van der Waals surface area contributed by atoms with Crippen molar-refractivity contribution in [2.75, 3.05) is 13.1 Å². The molecule has 0 aliphatic carbocycles. The fourth-order valence-electron chi connectivity index (χ4n) is 1.75. The summed E-state index contributed by atoms with van der Waals surface area (Å²) in [5.74, 6) is -0.952. The number of hydrogen-bond acceptors (Lipinski definition) is 4. The first kappa shape index (κ1) is 14.3. The number of carboxylic acid groups (broad SMARTS) is 1. The highest BCUT2D eigenvalue weighted by atomic mass is 16.4. The van der Waals surface area contributed by atoms with Crippen LogP contribution < -0.4 is 17.2 Å². The van der Waals surface area contributed by atoms with Gasteiger partial charge in [0.05, 0.1) is 0 Å². The summed E-state index contributed by atoms with van der Waals surface area (Å²) in [5, 5.41) is 8.93. The zero-order valence-corrected chi connectivity index (χ0v) is 9.41. The standard InChI is InChI=1S/C10H23N3O2/c1-10(4-2-6-11,5-3-7-12)8(13)9(14)15/h8H,2-7,11-13H2,1H3,(H,14,15). The molecule has 90 valence electrons. The Labute approximate surface area is 91.0 Å². The summed E-state index contributed by atoms with van der Waals surface area (Å²) >= 11 is 0. The second-order valence-corrected chi connectivity index (χ2v) is 4.25. The van der Waals surface area contributed by atoms with E-state index >= 15 is 0 Å². The summed E-state index contributed by atoms with van der Waals surface area (Å²) in [7, 11) is 0. The molecule has 0 saturated carbocycles. The Bertz CT molecular complexity index is 189. The van der Waals surface area contributed by atoms with Gasteiger partial charge in [0.15, 0.2) is 0 Å². The van der Waals surface area contributed by atoms with Crippen LogP contribution in [0.15, 0.2) is 0 Å². The number of carboxylic acids is 1. The topological polar surface area (TPSA) is 115 Å². The average Bonchev–Trinajstić information content (AvgIpc) is 2.22. The van der Waals surface area contributed by atoms with Gasteiger partial charge in [0.2, 0.25) is 0 Å². The van der Waals surface area contributed by atoms with Gasteiger partial charge in [-0.1, -0.05) is 6.92 Å². The second-order valence-electron chi connectivity index (χ2n) is 4.25. The van der Waals surface area contributed by atoms with Crippen LogP contribution in [-0.2, 0) is 4.79 Å². The Balaban J connectivity index is 4.44. The minimum absolute atomic E-state index is 0.398. The molecule has 5 heteroatoms. The minimum Gasteiger partial charge on any atom is -0.480 e. The maximum absolute atomic E-state index is 10.9. The van der Waals surface area contributed by atoms with E-state index in [4.69, 9.17) is 22.3 Å². The van der Waals surface area contributed by atoms with Gasteiger partial charge in [-0.3, -0.25) is 4.79 Å². The molecule has 0 aliphatic rings. The van der Waals surface area contributed by atoms with E-state index in [0.29, 0.717) is 13.1 Å². The van der Waals surface area contributed by atoms with E-state index in [0.717, 1.165) is 25.7 Å². The Morgan fingerprint density at radius 2 is 1.67 bits per heavy atom. The predicted molar refractivity (Wildman–Crippen MR) is 60.3 cm³/mol. The van der Waals surface area contributed by atoms with E-state index in [9.17, 15) is 4.79 Å². The molecule has 1 unspecified atom stereocenters. The summed E-state index contributed by atoms with van der Waals surface area (Å²) in [4.78, 5) is 10.9. The maximum atomic E-state index is 10.9. The van der Waals surface area contributed by atoms with Crippen molar-refractivity contribution in [1.82, 2.24) is 0 Å². The molecule has 0 rings (SSSR count). The van der Waals surface area contributed by atoms with Gasteiger partial charge in [-0.2, -0.15) is 0 Å². The first-order chi connectivity index (χ1) is 6.98. The molecule has 0 saturated heterocycles. The third kappa shape index (κ3) is 4.59. The van der Waals surface area contributed by atoms with Crippen LogP contribution in [0.2, 0.25) is 0 Å². The van der Waals surface area contributed by atoms with E-state index in [1.54, 1.807) is 0 Å². The first-order valence-corrected chi connectivity index (χ1v) is 5.36.